The highest BCUT2D eigenvalue weighted by atomic mass is 32.2. The summed E-state index contributed by atoms with van der Waals surface area (Å²) >= 11 is 0. The molecule has 6 nitrogen and oxygen atoms in total. The molecule has 1 aliphatic heterocycles. The third kappa shape index (κ3) is 5.31. The fraction of sp³-hybridized carbons (Fsp3) is 1.00. The van der Waals surface area contributed by atoms with Crippen LogP contribution in [-0.4, -0.2) is 57.8 Å². The highest BCUT2D eigenvalue weighted by Crippen LogP contribution is 2.13. The molecule has 0 aromatic carbocycles. The lowest BCUT2D eigenvalue weighted by Gasteiger charge is -2.24. The van der Waals surface area contributed by atoms with Crippen LogP contribution >= 0.6 is 0 Å². The summed E-state index contributed by atoms with van der Waals surface area (Å²) in [7, 11) is -1.88. The normalized spacial score (nSPS) is 18.8. The Balaban J connectivity index is 2.32. The Bertz CT molecular complexity index is 301. The van der Waals surface area contributed by atoms with Crippen molar-refractivity contribution in [3.8, 4) is 0 Å². The number of nitrogens with one attached hydrogen (secondary N) is 1. The fourth-order valence-corrected chi connectivity index (χ4v) is 2.73. The molecule has 2 N–H and O–H groups in total. The number of nitrogens with zero attached hydrogens (tertiary/aromatic N) is 1. The zero-order valence-electron chi connectivity index (χ0n) is 10.3. The molecule has 0 bridgehead atoms. The summed E-state index contributed by atoms with van der Waals surface area (Å²) in [5.41, 5.74) is 0. The van der Waals surface area contributed by atoms with E-state index in [1.807, 2.05) is 0 Å². The first kappa shape index (κ1) is 14.8. The van der Waals surface area contributed by atoms with Crippen LogP contribution in [0.15, 0.2) is 0 Å². The average Bonchev–Trinajstić information content (AvgIpc) is 2.35. The van der Waals surface area contributed by atoms with Gasteiger partial charge < -0.3 is 9.84 Å². The monoisotopic (exact) mass is 266 g/mol. The molecule has 0 saturated carbocycles. The third-order valence-electron chi connectivity index (χ3n) is 2.94. The molecular weight excluding hydrogens is 244 g/mol. The molecular formula is C10H22N2O4S. The molecule has 7 heteroatoms. The third-order valence-corrected chi connectivity index (χ3v) is 4.47. The number of rotatable bonds is 7. The zero-order chi connectivity index (χ0) is 12.7. The number of hydrogen-bond donors (Lipinski definition) is 2. The van der Waals surface area contributed by atoms with E-state index in [4.69, 9.17) is 9.84 Å². The van der Waals surface area contributed by atoms with E-state index in [0.717, 1.165) is 12.8 Å². The Labute approximate surface area is 103 Å². The Morgan fingerprint density at radius 2 is 2.06 bits per heavy atom. The quantitative estimate of drug-likeness (QED) is 0.655. The van der Waals surface area contributed by atoms with Crippen LogP contribution < -0.4 is 4.72 Å². The second kappa shape index (κ2) is 7.27. The van der Waals surface area contributed by atoms with Crippen molar-refractivity contribution in [2.45, 2.75) is 19.3 Å². The molecule has 0 unspecified atom stereocenters. The molecule has 1 rings (SSSR count). The highest BCUT2D eigenvalue weighted by Gasteiger charge is 2.20. The van der Waals surface area contributed by atoms with Crippen LogP contribution in [-0.2, 0) is 14.9 Å². The molecule has 0 aromatic heterocycles. The van der Waals surface area contributed by atoms with E-state index < -0.39 is 10.2 Å². The molecule has 17 heavy (non-hydrogen) atoms. The van der Waals surface area contributed by atoms with Gasteiger partial charge in [-0.3, -0.25) is 0 Å². The van der Waals surface area contributed by atoms with E-state index in [1.54, 1.807) is 0 Å². The minimum absolute atomic E-state index is 0.000175. The second-order valence-electron chi connectivity index (χ2n) is 4.31. The lowest BCUT2D eigenvalue weighted by molar-refractivity contribution is 0.0677. The zero-order valence-corrected chi connectivity index (χ0v) is 11.1. The summed E-state index contributed by atoms with van der Waals surface area (Å²) in [5.74, 6) is 0.366. The van der Waals surface area contributed by atoms with Crippen molar-refractivity contribution in [2.75, 3.05) is 40.0 Å². The highest BCUT2D eigenvalue weighted by molar-refractivity contribution is 7.87. The van der Waals surface area contributed by atoms with Gasteiger partial charge in [0.25, 0.3) is 10.2 Å². The first-order chi connectivity index (χ1) is 8.06. The van der Waals surface area contributed by atoms with Crippen molar-refractivity contribution >= 4 is 10.2 Å². The predicted octanol–water partition coefficient (Wildman–Crippen LogP) is -0.438. The Morgan fingerprint density at radius 3 is 2.65 bits per heavy atom. The Morgan fingerprint density at radius 1 is 1.41 bits per heavy atom. The molecule has 1 aliphatic rings. The molecule has 1 fully saturated rings. The van der Waals surface area contributed by atoms with Crippen LogP contribution in [0.5, 0.6) is 0 Å². The van der Waals surface area contributed by atoms with Crippen molar-refractivity contribution in [1.82, 2.24) is 9.03 Å². The maximum Gasteiger partial charge on any atom is 0.279 e. The van der Waals surface area contributed by atoms with Crippen LogP contribution in [0.4, 0.5) is 0 Å². The largest absolute Gasteiger partial charge is 0.396 e. The lowest BCUT2D eigenvalue weighted by Crippen LogP contribution is -2.41. The summed E-state index contributed by atoms with van der Waals surface area (Å²) in [6.07, 6.45) is 2.26. The van der Waals surface area contributed by atoms with Gasteiger partial charge in [0.1, 0.15) is 0 Å². The van der Waals surface area contributed by atoms with Crippen molar-refractivity contribution in [1.29, 1.82) is 0 Å². The first-order valence-electron chi connectivity index (χ1n) is 5.96. The summed E-state index contributed by atoms with van der Waals surface area (Å²) in [5, 5.41) is 8.66. The van der Waals surface area contributed by atoms with Crippen LogP contribution in [0.3, 0.4) is 0 Å². The van der Waals surface area contributed by atoms with E-state index in [-0.39, 0.29) is 6.61 Å². The SMILES string of the molecule is CN(CCCO)S(=O)(=O)NCC1CCOCC1. The molecule has 0 aromatic rings. The van der Waals surface area contributed by atoms with Gasteiger partial charge in [0.15, 0.2) is 0 Å². The fourth-order valence-electron chi connectivity index (χ4n) is 1.70. The topological polar surface area (TPSA) is 78.9 Å². The molecule has 1 heterocycles. The Kier molecular flexibility index (Phi) is 6.35. The minimum atomic E-state index is -3.40. The van der Waals surface area contributed by atoms with Crippen molar-refractivity contribution in [3.05, 3.63) is 0 Å². The van der Waals surface area contributed by atoms with Gasteiger partial charge >= 0.3 is 0 Å². The molecule has 0 spiro atoms. The van der Waals surface area contributed by atoms with Crippen molar-refractivity contribution < 1.29 is 18.3 Å². The minimum Gasteiger partial charge on any atom is -0.396 e. The lowest BCUT2D eigenvalue weighted by atomic mass is 10.0. The van der Waals surface area contributed by atoms with Gasteiger partial charge in [-0.05, 0) is 25.2 Å². The number of aliphatic hydroxyl groups is 1. The van der Waals surface area contributed by atoms with E-state index in [0.29, 0.717) is 38.6 Å². The van der Waals surface area contributed by atoms with Gasteiger partial charge in [0.05, 0.1) is 0 Å². The van der Waals surface area contributed by atoms with Crippen LogP contribution in [0, 0.1) is 5.92 Å². The maximum atomic E-state index is 11.8. The second-order valence-corrected chi connectivity index (χ2v) is 6.17. The predicted molar refractivity (Wildman–Crippen MR) is 64.8 cm³/mol. The number of aliphatic hydroxyl groups excluding tert-OH is 1. The first-order valence-corrected chi connectivity index (χ1v) is 7.40. The van der Waals surface area contributed by atoms with Gasteiger partial charge in [-0.15, -0.1) is 0 Å². The number of hydrogen-bond acceptors (Lipinski definition) is 4. The Hall–Kier alpha value is -0.210. The average molecular weight is 266 g/mol. The van der Waals surface area contributed by atoms with Gasteiger partial charge in [0.2, 0.25) is 0 Å². The molecule has 0 atom stereocenters. The standard InChI is InChI=1S/C10H22N2O4S/c1-12(5-2-6-13)17(14,15)11-9-10-3-7-16-8-4-10/h10-11,13H,2-9H2,1H3. The van der Waals surface area contributed by atoms with Crippen LogP contribution in [0.2, 0.25) is 0 Å². The van der Waals surface area contributed by atoms with E-state index in [2.05, 4.69) is 4.72 Å². The van der Waals surface area contributed by atoms with E-state index in [1.165, 1.54) is 11.4 Å². The molecule has 102 valence electrons. The summed E-state index contributed by atoms with van der Waals surface area (Å²) in [6, 6.07) is 0. The smallest absolute Gasteiger partial charge is 0.279 e. The maximum absolute atomic E-state index is 11.8. The molecule has 0 aliphatic carbocycles. The molecule has 0 radical (unpaired) electrons. The summed E-state index contributed by atoms with van der Waals surface area (Å²) in [4.78, 5) is 0. The van der Waals surface area contributed by atoms with Gasteiger partial charge in [-0.1, -0.05) is 0 Å². The molecule has 1 saturated heterocycles. The summed E-state index contributed by atoms with van der Waals surface area (Å²) < 4.78 is 32.6. The van der Waals surface area contributed by atoms with Gasteiger partial charge in [-0.2, -0.15) is 12.7 Å². The van der Waals surface area contributed by atoms with Crippen molar-refractivity contribution in [2.24, 2.45) is 5.92 Å². The van der Waals surface area contributed by atoms with E-state index in [9.17, 15) is 8.42 Å². The van der Waals surface area contributed by atoms with Gasteiger partial charge in [0, 0.05) is 40.0 Å². The van der Waals surface area contributed by atoms with Gasteiger partial charge in [-0.25, -0.2) is 4.72 Å². The van der Waals surface area contributed by atoms with Crippen LogP contribution in [0.1, 0.15) is 19.3 Å². The van der Waals surface area contributed by atoms with Crippen LogP contribution in [0.25, 0.3) is 0 Å². The number of ether oxygens (including phenoxy) is 1. The van der Waals surface area contributed by atoms with Crippen molar-refractivity contribution in [3.63, 3.8) is 0 Å². The molecule has 0 amide bonds. The summed E-state index contributed by atoms with van der Waals surface area (Å²) in [6.45, 7) is 2.23. The van der Waals surface area contributed by atoms with E-state index >= 15 is 0 Å².